The van der Waals surface area contributed by atoms with Crippen LogP contribution < -0.4 is 10.6 Å². The number of ether oxygens (including phenoxy) is 1. The van der Waals surface area contributed by atoms with Crippen LogP contribution in [-0.4, -0.2) is 36.4 Å². The minimum absolute atomic E-state index is 0.0779. The average Bonchev–Trinajstić information content (AvgIpc) is 3.05. The maximum atomic E-state index is 11.8. The molecule has 0 radical (unpaired) electrons. The first-order valence-electron chi connectivity index (χ1n) is 5.57. The Balaban J connectivity index is 2.06. The summed E-state index contributed by atoms with van der Waals surface area (Å²) in [6, 6.07) is 1.28. The molecular formula is C11H13IN2O4S. The molecule has 0 bridgehead atoms. The van der Waals surface area contributed by atoms with Crippen LogP contribution in [0.2, 0.25) is 0 Å². The number of thiophene rings is 1. The zero-order valence-electron chi connectivity index (χ0n) is 10.2. The van der Waals surface area contributed by atoms with Crippen molar-refractivity contribution in [2.24, 2.45) is 0 Å². The number of hydrogen-bond acceptors (Lipinski definition) is 5. The smallest absolute Gasteiger partial charge is 0.350 e. The fourth-order valence-electron chi connectivity index (χ4n) is 1.57. The number of rotatable bonds is 4. The number of nitrogens with one attached hydrogen (secondary N) is 2. The lowest BCUT2D eigenvalue weighted by Gasteiger charge is -2.14. The van der Waals surface area contributed by atoms with Gasteiger partial charge in [-0.15, -0.1) is 11.3 Å². The van der Waals surface area contributed by atoms with Gasteiger partial charge in [-0.25, -0.2) is 9.59 Å². The number of aliphatic hydroxyl groups excluding tert-OH is 1. The van der Waals surface area contributed by atoms with Gasteiger partial charge in [0.05, 0.1) is 27.8 Å². The van der Waals surface area contributed by atoms with Crippen molar-refractivity contribution in [3.63, 3.8) is 0 Å². The third kappa shape index (κ3) is 3.37. The van der Waals surface area contributed by atoms with E-state index in [0.29, 0.717) is 10.6 Å². The highest BCUT2D eigenvalue weighted by molar-refractivity contribution is 14.1. The first-order valence-corrected chi connectivity index (χ1v) is 7.47. The Morgan fingerprint density at radius 2 is 2.26 bits per heavy atom. The van der Waals surface area contributed by atoms with Crippen molar-refractivity contribution in [1.29, 1.82) is 0 Å². The number of aliphatic hydroxyl groups is 1. The predicted molar refractivity (Wildman–Crippen MR) is 79.6 cm³/mol. The van der Waals surface area contributed by atoms with Gasteiger partial charge in [-0.2, -0.15) is 0 Å². The Morgan fingerprint density at radius 1 is 1.58 bits per heavy atom. The minimum atomic E-state index is -0.487. The van der Waals surface area contributed by atoms with E-state index in [1.54, 1.807) is 6.07 Å². The molecule has 1 aromatic rings. The Kier molecular flexibility index (Phi) is 4.31. The van der Waals surface area contributed by atoms with E-state index in [9.17, 15) is 9.59 Å². The topological polar surface area (TPSA) is 87.7 Å². The molecule has 1 aliphatic rings. The highest BCUT2D eigenvalue weighted by atomic mass is 127. The Labute approximate surface area is 127 Å². The SMILES string of the molecule is COC(=O)c1sc(I)cc1NC(=O)NC1(CO)CC1. The number of amides is 2. The number of carbonyl (C=O) groups excluding carboxylic acids is 2. The van der Waals surface area contributed by atoms with E-state index < -0.39 is 17.5 Å². The lowest BCUT2D eigenvalue weighted by molar-refractivity contribution is 0.0607. The van der Waals surface area contributed by atoms with Crippen LogP contribution in [0.1, 0.15) is 22.5 Å². The average molecular weight is 396 g/mol. The summed E-state index contributed by atoms with van der Waals surface area (Å²) in [5.41, 5.74) is -0.0638. The summed E-state index contributed by atoms with van der Waals surface area (Å²) < 4.78 is 5.53. The van der Waals surface area contributed by atoms with Gasteiger partial charge in [0.25, 0.3) is 0 Å². The van der Waals surface area contributed by atoms with Gasteiger partial charge in [0.1, 0.15) is 4.88 Å². The fraction of sp³-hybridized carbons (Fsp3) is 0.455. The van der Waals surface area contributed by atoms with E-state index in [2.05, 4.69) is 38.0 Å². The molecule has 3 N–H and O–H groups in total. The molecule has 0 spiro atoms. The standard InChI is InChI=1S/C11H13IN2O4S/c1-18-9(16)8-6(4-7(12)19-8)13-10(17)14-11(5-15)2-3-11/h4,15H,2-3,5H2,1H3,(H2,13,14,17). The third-order valence-corrected chi connectivity index (χ3v) is 4.73. The number of urea groups is 1. The number of hydrogen-bond donors (Lipinski definition) is 3. The lowest BCUT2D eigenvalue weighted by atomic mass is 10.3. The molecule has 2 rings (SSSR count). The van der Waals surface area contributed by atoms with Crippen molar-refractivity contribution in [3.8, 4) is 0 Å². The monoisotopic (exact) mass is 396 g/mol. The van der Waals surface area contributed by atoms with Gasteiger partial charge in [0.2, 0.25) is 0 Å². The van der Waals surface area contributed by atoms with Crippen LogP contribution in [0.3, 0.4) is 0 Å². The van der Waals surface area contributed by atoms with E-state index in [0.717, 1.165) is 15.7 Å². The van der Waals surface area contributed by atoms with Crippen LogP contribution >= 0.6 is 33.9 Å². The highest BCUT2D eigenvalue weighted by Gasteiger charge is 2.43. The first kappa shape index (κ1) is 14.5. The van der Waals surface area contributed by atoms with Crippen molar-refractivity contribution < 1.29 is 19.4 Å². The molecule has 1 heterocycles. The summed E-state index contributed by atoms with van der Waals surface area (Å²) in [5, 5.41) is 14.5. The summed E-state index contributed by atoms with van der Waals surface area (Å²) in [5.74, 6) is -0.480. The first-order chi connectivity index (χ1) is 8.99. The molecule has 1 saturated carbocycles. The Hall–Kier alpha value is -0.870. The largest absolute Gasteiger partial charge is 0.465 e. The third-order valence-electron chi connectivity index (χ3n) is 2.86. The molecule has 0 aromatic carbocycles. The number of methoxy groups -OCH3 is 1. The molecule has 1 fully saturated rings. The molecule has 1 aromatic heterocycles. The molecule has 1 aliphatic carbocycles. The number of halogens is 1. The van der Waals surface area contributed by atoms with Gasteiger partial charge in [0.15, 0.2) is 0 Å². The number of carbonyl (C=O) groups is 2. The van der Waals surface area contributed by atoms with Crippen molar-refractivity contribution in [2.75, 3.05) is 19.0 Å². The summed E-state index contributed by atoms with van der Waals surface area (Å²) >= 11 is 3.32. The van der Waals surface area contributed by atoms with Gasteiger partial charge < -0.3 is 20.5 Å². The Morgan fingerprint density at radius 3 is 2.79 bits per heavy atom. The maximum Gasteiger partial charge on any atom is 0.350 e. The van der Waals surface area contributed by atoms with Crippen LogP contribution in [0.15, 0.2) is 6.07 Å². The van der Waals surface area contributed by atoms with E-state index in [4.69, 9.17) is 5.11 Å². The maximum absolute atomic E-state index is 11.8. The predicted octanol–water partition coefficient (Wildman–Crippen LogP) is 1.79. The molecule has 0 atom stereocenters. The van der Waals surface area contributed by atoms with Gasteiger partial charge in [-0.3, -0.25) is 0 Å². The highest BCUT2D eigenvalue weighted by Crippen LogP contribution is 2.35. The van der Waals surface area contributed by atoms with Crippen molar-refractivity contribution in [1.82, 2.24) is 5.32 Å². The quantitative estimate of drug-likeness (QED) is 0.535. The zero-order chi connectivity index (χ0) is 14.0. The summed E-state index contributed by atoms with van der Waals surface area (Å²) in [7, 11) is 1.30. The molecular weight excluding hydrogens is 383 g/mol. The molecule has 8 heteroatoms. The number of esters is 1. The van der Waals surface area contributed by atoms with Crippen LogP contribution in [0.4, 0.5) is 10.5 Å². The van der Waals surface area contributed by atoms with E-state index >= 15 is 0 Å². The van der Waals surface area contributed by atoms with E-state index in [1.165, 1.54) is 18.4 Å². The van der Waals surface area contributed by atoms with Crippen LogP contribution in [0.5, 0.6) is 0 Å². The second kappa shape index (κ2) is 5.63. The molecule has 104 valence electrons. The Bertz CT molecular complexity index is 513. The molecule has 6 nitrogen and oxygen atoms in total. The zero-order valence-corrected chi connectivity index (χ0v) is 13.1. The van der Waals surface area contributed by atoms with Crippen molar-refractivity contribution in [3.05, 3.63) is 13.8 Å². The van der Waals surface area contributed by atoms with Gasteiger partial charge in [-0.1, -0.05) is 0 Å². The molecule has 0 aliphatic heterocycles. The van der Waals surface area contributed by atoms with E-state index in [-0.39, 0.29) is 6.61 Å². The number of anilines is 1. The van der Waals surface area contributed by atoms with Crippen LogP contribution in [0.25, 0.3) is 0 Å². The lowest BCUT2D eigenvalue weighted by Crippen LogP contribution is -2.42. The fourth-order valence-corrected chi connectivity index (χ4v) is 3.30. The second-order valence-corrected chi connectivity index (χ2v) is 7.25. The summed E-state index contributed by atoms with van der Waals surface area (Å²) in [4.78, 5) is 23.7. The second-order valence-electron chi connectivity index (χ2n) is 4.30. The minimum Gasteiger partial charge on any atom is -0.465 e. The van der Waals surface area contributed by atoms with Gasteiger partial charge in [-0.05, 0) is 41.5 Å². The summed E-state index contributed by atoms with van der Waals surface area (Å²) in [6.07, 6.45) is 1.53. The molecule has 19 heavy (non-hydrogen) atoms. The summed E-state index contributed by atoms with van der Waals surface area (Å²) in [6.45, 7) is -0.0779. The van der Waals surface area contributed by atoms with Gasteiger partial charge in [0, 0.05) is 0 Å². The van der Waals surface area contributed by atoms with E-state index in [1.807, 2.05) is 0 Å². The van der Waals surface area contributed by atoms with Crippen LogP contribution in [-0.2, 0) is 4.74 Å². The van der Waals surface area contributed by atoms with Crippen molar-refractivity contribution in [2.45, 2.75) is 18.4 Å². The molecule has 2 amide bonds. The van der Waals surface area contributed by atoms with Crippen LogP contribution in [0, 0.1) is 2.88 Å². The van der Waals surface area contributed by atoms with Crippen molar-refractivity contribution >= 4 is 51.6 Å². The molecule has 0 saturated heterocycles. The normalized spacial score (nSPS) is 15.7. The van der Waals surface area contributed by atoms with Gasteiger partial charge >= 0.3 is 12.0 Å². The molecule has 0 unspecified atom stereocenters.